The van der Waals surface area contributed by atoms with Gasteiger partial charge in [-0.25, -0.2) is 4.57 Å². The number of hydrogen-bond acceptors (Lipinski definition) is 11. The highest BCUT2D eigenvalue weighted by atomic mass is 31.2. The van der Waals surface area contributed by atoms with Crippen molar-refractivity contribution >= 4 is 19.8 Å². The maximum Gasteiger partial charge on any atom is 0.472 e. The lowest BCUT2D eigenvalue weighted by Crippen LogP contribution is -2.29. The van der Waals surface area contributed by atoms with Crippen LogP contribution in [-0.2, 0) is 32.7 Å². The molecule has 0 aromatic carbocycles. The standard InChI is InChI=1S/C41H79O12P/c1-4-6-7-8-17-22-27-38(44)39(45)28-23-18-15-20-25-30-41(47)53-37(34-52-54(48,49)51-32-36(43)31-42)33-50-40(46)29-24-19-14-12-10-9-11-13-16-21-26-35(3)5-2/h17,22,35-39,42-45H,4-16,18-21,23-34H2,1-3H3,(H,48,49)/b22-17-/t35?,36-,37+,38-,39-/m0/s1. The van der Waals surface area contributed by atoms with E-state index in [2.05, 4.69) is 31.4 Å². The van der Waals surface area contributed by atoms with Gasteiger partial charge in [0, 0.05) is 12.8 Å². The van der Waals surface area contributed by atoms with E-state index in [-0.39, 0.29) is 19.4 Å². The third-order valence-electron chi connectivity index (χ3n) is 9.66. The van der Waals surface area contributed by atoms with E-state index in [1.54, 1.807) is 0 Å². The van der Waals surface area contributed by atoms with Crippen LogP contribution in [0.4, 0.5) is 0 Å². The van der Waals surface area contributed by atoms with E-state index >= 15 is 0 Å². The topological polar surface area (TPSA) is 189 Å². The van der Waals surface area contributed by atoms with Gasteiger partial charge in [0.2, 0.25) is 0 Å². The lowest BCUT2D eigenvalue weighted by Gasteiger charge is -2.20. The minimum atomic E-state index is -4.65. The lowest BCUT2D eigenvalue weighted by molar-refractivity contribution is -0.161. The number of aliphatic hydroxyl groups excluding tert-OH is 4. The largest absolute Gasteiger partial charge is 0.472 e. The molecular weight excluding hydrogens is 715 g/mol. The van der Waals surface area contributed by atoms with Crippen LogP contribution >= 0.6 is 7.82 Å². The molecule has 0 bridgehead atoms. The van der Waals surface area contributed by atoms with Crippen LogP contribution in [0.2, 0.25) is 0 Å². The first-order valence-corrected chi connectivity index (χ1v) is 22.7. The summed E-state index contributed by atoms with van der Waals surface area (Å²) in [6.07, 6.45) is 23.4. The second-order valence-electron chi connectivity index (χ2n) is 14.9. The van der Waals surface area contributed by atoms with Crippen molar-refractivity contribution in [2.45, 2.75) is 206 Å². The predicted octanol–water partition coefficient (Wildman–Crippen LogP) is 8.63. The molecule has 0 rings (SSSR count). The first-order valence-electron chi connectivity index (χ1n) is 21.2. The molecule has 0 spiro atoms. The molecule has 13 heteroatoms. The Bertz CT molecular complexity index is 964. The number of esters is 2. The van der Waals surface area contributed by atoms with Gasteiger partial charge in [-0.2, -0.15) is 0 Å². The van der Waals surface area contributed by atoms with Crippen LogP contribution in [0.1, 0.15) is 181 Å². The zero-order valence-corrected chi connectivity index (χ0v) is 35.0. The first-order chi connectivity index (χ1) is 25.9. The fourth-order valence-corrected chi connectivity index (χ4v) is 6.60. The van der Waals surface area contributed by atoms with Gasteiger partial charge in [0.05, 0.1) is 32.0 Å². The molecule has 0 aromatic heterocycles. The van der Waals surface area contributed by atoms with Crippen LogP contribution in [0.15, 0.2) is 12.2 Å². The average molecular weight is 795 g/mol. The van der Waals surface area contributed by atoms with Gasteiger partial charge in [-0.05, 0) is 44.4 Å². The van der Waals surface area contributed by atoms with Gasteiger partial charge in [0.1, 0.15) is 12.7 Å². The summed E-state index contributed by atoms with van der Waals surface area (Å²) >= 11 is 0. The number of ether oxygens (including phenoxy) is 2. The van der Waals surface area contributed by atoms with Crippen LogP contribution in [0.25, 0.3) is 0 Å². The van der Waals surface area contributed by atoms with Gasteiger partial charge >= 0.3 is 19.8 Å². The van der Waals surface area contributed by atoms with E-state index in [0.717, 1.165) is 63.7 Å². The Morgan fingerprint density at radius 1 is 0.648 bits per heavy atom. The number of phosphoric ester groups is 1. The molecule has 0 saturated carbocycles. The van der Waals surface area contributed by atoms with Crippen molar-refractivity contribution in [2.75, 3.05) is 26.4 Å². The average Bonchev–Trinajstić information content (AvgIpc) is 3.15. The number of hydrogen-bond donors (Lipinski definition) is 5. The molecule has 2 unspecified atom stereocenters. The number of unbranched alkanes of at least 4 members (excludes halogenated alkanes) is 16. The monoisotopic (exact) mass is 795 g/mol. The Balaban J connectivity index is 4.44. The Labute approximate surface area is 327 Å². The molecule has 0 fully saturated rings. The predicted molar refractivity (Wildman–Crippen MR) is 213 cm³/mol. The molecule has 320 valence electrons. The molecule has 6 atom stereocenters. The Morgan fingerprint density at radius 2 is 1.19 bits per heavy atom. The van der Waals surface area contributed by atoms with Gasteiger partial charge in [-0.15, -0.1) is 0 Å². The Hall–Kier alpha value is -1.37. The summed E-state index contributed by atoms with van der Waals surface area (Å²) in [6, 6.07) is 0. The van der Waals surface area contributed by atoms with Crippen LogP contribution in [0.5, 0.6) is 0 Å². The van der Waals surface area contributed by atoms with Crippen molar-refractivity contribution in [2.24, 2.45) is 5.92 Å². The second-order valence-corrected chi connectivity index (χ2v) is 16.4. The van der Waals surface area contributed by atoms with E-state index in [1.807, 2.05) is 6.08 Å². The minimum absolute atomic E-state index is 0.0879. The SMILES string of the molecule is CCCCC/C=C\C[C@H](O)[C@@H](O)CCCCCCCC(=O)O[C@H](COC(=O)CCCCCCCCCCCCC(C)CC)COP(=O)(O)OC[C@@H](O)CO. The molecule has 54 heavy (non-hydrogen) atoms. The van der Waals surface area contributed by atoms with Crippen molar-refractivity contribution in [1.29, 1.82) is 0 Å². The number of carbonyl (C=O) groups excluding carboxylic acids is 2. The van der Waals surface area contributed by atoms with Gasteiger partial charge in [0.15, 0.2) is 6.10 Å². The lowest BCUT2D eigenvalue weighted by atomic mass is 9.99. The number of carbonyl (C=O) groups is 2. The highest BCUT2D eigenvalue weighted by Crippen LogP contribution is 2.43. The summed E-state index contributed by atoms with van der Waals surface area (Å²) in [7, 11) is -4.65. The molecule has 0 aromatic rings. The van der Waals surface area contributed by atoms with Gasteiger partial charge in [0.25, 0.3) is 0 Å². The highest BCUT2D eigenvalue weighted by Gasteiger charge is 2.27. The maximum absolute atomic E-state index is 12.6. The molecule has 0 saturated heterocycles. The number of rotatable bonds is 39. The van der Waals surface area contributed by atoms with Crippen LogP contribution < -0.4 is 0 Å². The number of aliphatic hydroxyl groups is 4. The van der Waals surface area contributed by atoms with Crippen LogP contribution in [0.3, 0.4) is 0 Å². The van der Waals surface area contributed by atoms with E-state index in [0.29, 0.717) is 25.7 Å². The normalized spacial score (nSPS) is 15.8. The molecule has 0 heterocycles. The van der Waals surface area contributed by atoms with Crippen molar-refractivity contribution < 1.29 is 58.0 Å². The zero-order chi connectivity index (χ0) is 40.3. The molecule has 0 aliphatic carbocycles. The van der Waals surface area contributed by atoms with Crippen molar-refractivity contribution in [3.63, 3.8) is 0 Å². The zero-order valence-electron chi connectivity index (χ0n) is 34.1. The van der Waals surface area contributed by atoms with Gasteiger partial charge in [-0.3, -0.25) is 18.6 Å². The van der Waals surface area contributed by atoms with E-state index in [4.69, 9.17) is 19.1 Å². The van der Waals surface area contributed by atoms with Gasteiger partial charge in [-0.1, -0.05) is 142 Å². The van der Waals surface area contributed by atoms with Crippen molar-refractivity contribution in [1.82, 2.24) is 0 Å². The van der Waals surface area contributed by atoms with E-state index in [1.165, 1.54) is 64.2 Å². The quantitative estimate of drug-likeness (QED) is 0.0173. The summed E-state index contributed by atoms with van der Waals surface area (Å²) in [5, 5.41) is 38.7. The molecule has 0 aliphatic heterocycles. The molecule has 0 aliphatic rings. The molecular formula is C41H79O12P. The highest BCUT2D eigenvalue weighted by molar-refractivity contribution is 7.47. The summed E-state index contributed by atoms with van der Waals surface area (Å²) < 4.78 is 32.6. The summed E-state index contributed by atoms with van der Waals surface area (Å²) in [5.41, 5.74) is 0. The number of phosphoric acid groups is 1. The molecule has 12 nitrogen and oxygen atoms in total. The van der Waals surface area contributed by atoms with Crippen LogP contribution in [0, 0.1) is 5.92 Å². The second kappa shape index (κ2) is 36.0. The smallest absolute Gasteiger partial charge is 0.462 e. The number of allylic oxidation sites excluding steroid dienone is 1. The van der Waals surface area contributed by atoms with Gasteiger partial charge < -0.3 is 34.8 Å². The summed E-state index contributed by atoms with van der Waals surface area (Å²) in [5.74, 6) is -0.201. The molecule has 5 N–H and O–H groups in total. The fourth-order valence-electron chi connectivity index (χ4n) is 5.82. The Morgan fingerprint density at radius 3 is 1.76 bits per heavy atom. The molecule has 0 amide bonds. The maximum atomic E-state index is 12.6. The molecule has 0 radical (unpaired) electrons. The Kier molecular flexibility index (Phi) is 35.1. The van der Waals surface area contributed by atoms with Crippen molar-refractivity contribution in [3.8, 4) is 0 Å². The third-order valence-corrected chi connectivity index (χ3v) is 10.6. The van der Waals surface area contributed by atoms with E-state index < -0.39 is 64.0 Å². The summed E-state index contributed by atoms with van der Waals surface area (Å²) in [6.45, 7) is 4.48. The van der Waals surface area contributed by atoms with Crippen LogP contribution in [-0.4, -0.2) is 88.1 Å². The summed E-state index contributed by atoms with van der Waals surface area (Å²) in [4.78, 5) is 35.0. The minimum Gasteiger partial charge on any atom is -0.462 e. The van der Waals surface area contributed by atoms with Crippen molar-refractivity contribution in [3.05, 3.63) is 12.2 Å². The third kappa shape index (κ3) is 33.9. The first kappa shape index (κ1) is 52.6. The van der Waals surface area contributed by atoms with E-state index in [9.17, 15) is 34.4 Å². The fraction of sp³-hybridized carbons (Fsp3) is 0.902.